The average molecular weight is 251 g/mol. The smallest absolute Gasteiger partial charge is 0.207 e. The molecule has 0 spiro atoms. The van der Waals surface area contributed by atoms with Crippen LogP contribution < -0.4 is 0 Å². The van der Waals surface area contributed by atoms with E-state index in [4.69, 9.17) is 0 Å². The third-order valence-electron chi connectivity index (χ3n) is 3.72. The molecule has 1 aliphatic rings. The lowest BCUT2D eigenvalue weighted by atomic mass is 9.99. The summed E-state index contributed by atoms with van der Waals surface area (Å²) in [5.41, 5.74) is 1.55. The Morgan fingerprint density at radius 1 is 1.05 bits per heavy atom. The van der Waals surface area contributed by atoms with Crippen molar-refractivity contribution in [1.82, 2.24) is 4.98 Å². The molecular weight excluding hydrogens is 234 g/mol. The molecule has 1 aliphatic carbocycles. The van der Waals surface area contributed by atoms with Gasteiger partial charge in [-0.05, 0) is 42.7 Å². The summed E-state index contributed by atoms with van der Waals surface area (Å²) in [4.78, 5) is 17.0. The number of pyridine rings is 1. The average Bonchev–Trinajstić information content (AvgIpc) is 2.75. The van der Waals surface area contributed by atoms with Gasteiger partial charge in [0, 0.05) is 11.6 Å². The van der Waals surface area contributed by atoms with Crippen LogP contribution in [-0.4, -0.2) is 10.8 Å². The first-order valence-corrected chi connectivity index (χ1v) is 6.94. The van der Waals surface area contributed by atoms with Crippen LogP contribution in [0.4, 0.5) is 0 Å². The molecule has 2 aromatic rings. The SMILES string of the molecule is O=C(C1=CCCCCC1)c1nccc2ccccc12. The van der Waals surface area contributed by atoms with Gasteiger partial charge < -0.3 is 0 Å². The molecule has 0 saturated carbocycles. The van der Waals surface area contributed by atoms with Crippen LogP contribution in [0.2, 0.25) is 0 Å². The Balaban J connectivity index is 2.04. The van der Waals surface area contributed by atoms with Gasteiger partial charge in [0.05, 0.1) is 0 Å². The second kappa shape index (κ2) is 5.35. The molecule has 0 unspecified atom stereocenters. The molecule has 1 aromatic carbocycles. The Morgan fingerprint density at radius 3 is 2.89 bits per heavy atom. The molecule has 0 bridgehead atoms. The summed E-state index contributed by atoms with van der Waals surface area (Å²) in [5, 5.41) is 2.04. The topological polar surface area (TPSA) is 30.0 Å². The number of carbonyl (C=O) groups excluding carboxylic acids is 1. The zero-order chi connectivity index (χ0) is 13.1. The molecule has 0 aliphatic heterocycles. The summed E-state index contributed by atoms with van der Waals surface area (Å²) in [7, 11) is 0. The van der Waals surface area contributed by atoms with Crippen molar-refractivity contribution in [1.29, 1.82) is 0 Å². The van der Waals surface area contributed by atoms with Crippen LogP contribution in [0.25, 0.3) is 10.8 Å². The fourth-order valence-corrected chi connectivity index (χ4v) is 2.67. The van der Waals surface area contributed by atoms with Gasteiger partial charge in [-0.3, -0.25) is 9.78 Å². The zero-order valence-electron chi connectivity index (χ0n) is 10.9. The van der Waals surface area contributed by atoms with Gasteiger partial charge in [0.15, 0.2) is 0 Å². The fourth-order valence-electron chi connectivity index (χ4n) is 2.67. The summed E-state index contributed by atoms with van der Waals surface area (Å²) < 4.78 is 0. The number of hydrogen-bond acceptors (Lipinski definition) is 2. The van der Waals surface area contributed by atoms with E-state index >= 15 is 0 Å². The first-order valence-electron chi connectivity index (χ1n) is 6.94. The number of benzene rings is 1. The van der Waals surface area contributed by atoms with E-state index in [1.54, 1.807) is 6.20 Å². The largest absolute Gasteiger partial charge is 0.287 e. The molecule has 0 atom stereocenters. The zero-order valence-corrected chi connectivity index (χ0v) is 10.9. The molecule has 0 fully saturated rings. The van der Waals surface area contributed by atoms with Crippen molar-refractivity contribution in [2.45, 2.75) is 32.1 Å². The Morgan fingerprint density at radius 2 is 1.95 bits per heavy atom. The number of hydrogen-bond donors (Lipinski definition) is 0. The first kappa shape index (κ1) is 12.1. The first-order chi connectivity index (χ1) is 9.36. The molecule has 2 nitrogen and oxygen atoms in total. The maximum atomic E-state index is 12.6. The second-order valence-corrected chi connectivity index (χ2v) is 5.04. The number of rotatable bonds is 2. The summed E-state index contributed by atoms with van der Waals surface area (Å²) in [5.74, 6) is 0.110. The molecule has 1 aromatic heterocycles. The lowest BCUT2D eigenvalue weighted by Gasteiger charge is -2.07. The lowest BCUT2D eigenvalue weighted by Crippen LogP contribution is -2.06. The molecule has 19 heavy (non-hydrogen) atoms. The van der Waals surface area contributed by atoms with E-state index in [-0.39, 0.29) is 5.78 Å². The van der Waals surface area contributed by atoms with Crippen molar-refractivity contribution in [3.63, 3.8) is 0 Å². The highest BCUT2D eigenvalue weighted by molar-refractivity contribution is 6.14. The lowest BCUT2D eigenvalue weighted by molar-refractivity contribution is 0.102. The molecular formula is C17H17NO. The Hall–Kier alpha value is -1.96. The summed E-state index contributed by atoms with van der Waals surface area (Å²) >= 11 is 0. The summed E-state index contributed by atoms with van der Waals surface area (Å²) in [6, 6.07) is 9.90. The predicted octanol–water partition coefficient (Wildman–Crippen LogP) is 4.31. The van der Waals surface area contributed by atoms with Crippen molar-refractivity contribution in [3.05, 3.63) is 53.9 Å². The number of allylic oxidation sites excluding steroid dienone is 2. The van der Waals surface area contributed by atoms with Crippen molar-refractivity contribution in [3.8, 4) is 0 Å². The van der Waals surface area contributed by atoms with Gasteiger partial charge in [0.2, 0.25) is 5.78 Å². The van der Waals surface area contributed by atoms with E-state index in [0.29, 0.717) is 5.69 Å². The highest BCUT2D eigenvalue weighted by Crippen LogP contribution is 2.24. The van der Waals surface area contributed by atoms with E-state index < -0.39 is 0 Å². The van der Waals surface area contributed by atoms with Crippen LogP contribution in [0.1, 0.15) is 42.6 Å². The van der Waals surface area contributed by atoms with Crippen LogP contribution in [-0.2, 0) is 0 Å². The standard InChI is InChI=1S/C17H17NO/c19-17(14-8-3-1-2-4-9-14)16-15-10-6-5-7-13(15)11-12-18-16/h5-8,10-12H,1-4,9H2. The van der Waals surface area contributed by atoms with Gasteiger partial charge in [-0.2, -0.15) is 0 Å². The monoisotopic (exact) mass is 251 g/mol. The third kappa shape index (κ3) is 2.43. The van der Waals surface area contributed by atoms with Gasteiger partial charge in [-0.1, -0.05) is 36.8 Å². The molecule has 2 heteroatoms. The normalized spacial score (nSPS) is 15.9. The summed E-state index contributed by atoms with van der Waals surface area (Å²) in [6.07, 6.45) is 9.28. The highest BCUT2D eigenvalue weighted by atomic mass is 16.1. The Kier molecular flexibility index (Phi) is 3.41. The minimum absolute atomic E-state index is 0.110. The Labute approximate surface area is 113 Å². The van der Waals surface area contributed by atoms with Crippen molar-refractivity contribution < 1.29 is 4.79 Å². The van der Waals surface area contributed by atoms with Gasteiger partial charge >= 0.3 is 0 Å². The van der Waals surface area contributed by atoms with Gasteiger partial charge in [0.25, 0.3) is 0 Å². The number of carbonyl (C=O) groups is 1. The number of aromatic nitrogens is 1. The van der Waals surface area contributed by atoms with E-state index in [0.717, 1.165) is 35.6 Å². The van der Waals surface area contributed by atoms with Crippen molar-refractivity contribution >= 4 is 16.6 Å². The van der Waals surface area contributed by atoms with E-state index in [2.05, 4.69) is 11.1 Å². The van der Waals surface area contributed by atoms with Gasteiger partial charge in [-0.25, -0.2) is 0 Å². The molecule has 96 valence electrons. The maximum absolute atomic E-state index is 12.6. The molecule has 0 radical (unpaired) electrons. The number of nitrogens with zero attached hydrogens (tertiary/aromatic N) is 1. The number of ketones is 1. The van der Waals surface area contributed by atoms with Crippen molar-refractivity contribution in [2.24, 2.45) is 0 Å². The Bertz CT molecular complexity index is 637. The molecule has 0 N–H and O–H groups in total. The predicted molar refractivity (Wildman–Crippen MR) is 77.2 cm³/mol. The molecule has 3 rings (SSSR count). The maximum Gasteiger partial charge on any atom is 0.207 e. The van der Waals surface area contributed by atoms with E-state index in [1.807, 2.05) is 30.3 Å². The number of Topliss-reactive ketones (excluding diaryl/α,β-unsaturated/α-hetero) is 1. The van der Waals surface area contributed by atoms with Crippen LogP contribution in [0.5, 0.6) is 0 Å². The highest BCUT2D eigenvalue weighted by Gasteiger charge is 2.17. The van der Waals surface area contributed by atoms with Crippen molar-refractivity contribution in [2.75, 3.05) is 0 Å². The minimum atomic E-state index is 0.110. The molecule has 0 saturated heterocycles. The van der Waals surface area contributed by atoms with Crippen LogP contribution in [0.15, 0.2) is 48.2 Å². The van der Waals surface area contributed by atoms with Crippen LogP contribution >= 0.6 is 0 Å². The third-order valence-corrected chi connectivity index (χ3v) is 3.72. The fraction of sp³-hybridized carbons (Fsp3) is 0.294. The minimum Gasteiger partial charge on any atom is -0.287 e. The number of fused-ring (bicyclic) bond motifs is 1. The molecule has 0 amide bonds. The quantitative estimate of drug-likeness (QED) is 0.744. The second-order valence-electron chi connectivity index (χ2n) is 5.04. The van der Waals surface area contributed by atoms with E-state index in [9.17, 15) is 4.79 Å². The molecule has 1 heterocycles. The van der Waals surface area contributed by atoms with Gasteiger partial charge in [-0.15, -0.1) is 0 Å². The van der Waals surface area contributed by atoms with Gasteiger partial charge in [0.1, 0.15) is 5.69 Å². The van der Waals surface area contributed by atoms with Crippen LogP contribution in [0.3, 0.4) is 0 Å². The summed E-state index contributed by atoms with van der Waals surface area (Å²) in [6.45, 7) is 0. The van der Waals surface area contributed by atoms with E-state index in [1.165, 1.54) is 12.8 Å². The van der Waals surface area contributed by atoms with Crippen LogP contribution in [0, 0.1) is 0 Å².